The molecule has 0 radical (unpaired) electrons. The van der Waals surface area contributed by atoms with E-state index in [1.807, 2.05) is 35.4 Å². The van der Waals surface area contributed by atoms with Crippen molar-refractivity contribution in [3.8, 4) is 0 Å². The van der Waals surface area contributed by atoms with Crippen molar-refractivity contribution in [1.29, 1.82) is 10.8 Å². The second kappa shape index (κ2) is 27.0. The van der Waals surface area contributed by atoms with Crippen molar-refractivity contribution in [2.75, 3.05) is 54.3 Å². The zero-order chi connectivity index (χ0) is 57.3. The number of imidazole rings is 2. The maximum absolute atomic E-state index is 13.6. The Morgan fingerprint density at radius 3 is 1.36 bits per heavy atom. The van der Waals surface area contributed by atoms with E-state index >= 15 is 0 Å². The molecule has 412 valence electrons. The van der Waals surface area contributed by atoms with Crippen LogP contribution in [0.2, 0.25) is 0 Å². The second-order valence-corrected chi connectivity index (χ2v) is 17.4. The number of nitrogens with zero attached hydrogens (tertiary/aromatic N) is 8. The van der Waals surface area contributed by atoms with E-state index in [0.717, 1.165) is 34.1 Å². The standard InChI is InChI=1S/C29H31N7O5.C27H27N7O5/c1-4-41-26(37)14-16-36(24-7-5-6-15-31-24)28(38)20-10-13-23-22(17-20)33-25(35(23)2)18-32-21-11-8-19(9-12-21)27(30)34-29(39)40-3;1-33-21-11-8-18(26(37)34(14-12-24(35)36)22-5-3-4-13-29-22)15-20(21)31-23(33)16-30-19-9-6-17(7-10-19)25(28)32-27(38)39-2/h5-13,15,17,32H,4,14,16,18H2,1-3H3,(H2,30,34,39);3-11,13,15,30H,12,14,16H2,1-2H3,(H,35,36)(H2,28,32,38). The summed E-state index contributed by atoms with van der Waals surface area (Å²) in [5, 5.41) is 36.2. The van der Waals surface area contributed by atoms with Crippen LogP contribution in [0, 0.1) is 10.8 Å². The second-order valence-electron chi connectivity index (χ2n) is 17.4. The first-order valence-electron chi connectivity index (χ1n) is 24.9. The van der Waals surface area contributed by atoms with E-state index < -0.39 is 18.2 Å². The summed E-state index contributed by atoms with van der Waals surface area (Å²) in [4.78, 5) is 93.4. The molecule has 24 nitrogen and oxygen atoms in total. The van der Waals surface area contributed by atoms with E-state index in [9.17, 15) is 28.8 Å². The Morgan fingerprint density at radius 2 is 0.988 bits per heavy atom. The lowest BCUT2D eigenvalue weighted by Gasteiger charge is -2.21. The van der Waals surface area contributed by atoms with Gasteiger partial charge in [0.05, 0.1) is 68.8 Å². The Kier molecular flexibility index (Phi) is 19.3. The first kappa shape index (κ1) is 57.2. The van der Waals surface area contributed by atoms with Crippen molar-refractivity contribution in [2.24, 2.45) is 14.1 Å². The third kappa shape index (κ3) is 14.7. The maximum Gasteiger partial charge on any atom is 0.412 e. The smallest absolute Gasteiger partial charge is 0.412 e. The average molecular weight is 1090 g/mol. The fraction of sp³-hybridized carbons (Fsp3) is 0.214. The summed E-state index contributed by atoms with van der Waals surface area (Å²) in [5.41, 5.74) is 6.39. The van der Waals surface area contributed by atoms with Crippen LogP contribution in [0.4, 0.5) is 32.6 Å². The summed E-state index contributed by atoms with van der Waals surface area (Å²) in [7, 11) is 6.25. The number of aliphatic carboxylic acids is 1. The lowest BCUT2D eigenvalue weighted by molar-refractivity contribution is -0.143. The van der Waals surface area contributed by atoms with Gasteiger partial charge in [0.2, 0.25) is 0 Å². The molecule has 0 spiro atoms. The Morgan fingerprint density at radius 1 is 0.575 bits per heavy atom. The number of rotatable bonds is 19. The number of nitrogens with one attached hydrogen (secondary N) is 6. The molecule has 0 aliphatic heterocycles. The molecule has 0 atom stereocenters. The van der Waals surface area contributed by atoms with Crippen molar-refractivity contribution < 1.29 is 48.1 Å². The fourth-order valence-corrected chi connectivity index (χ4v) is 8.03. The number of fused-ring (bicyclic) bond motifs is 2. The number of alkyl carbamates (subject to hydrolysis) is 2. The Bertz CT molecular complexity index is 3530. The molecule has 0 bridgehead atoms. The van der Waals surface area contributed by atoms with E-state index in [2.05, 4.69) is 45.7 Å². The summed E-state index contributed by atoms with van der Waals surface area (Å²) in [6, 6.07) is 34.9. The number of ether oxygens (including phenoxy) is 3. The molecule has 0 aliphatic rings. The highest BCUT2D eigenvalue weighted by atomic mass is 16.5. The number of anilines is 4. The summed E-state index contributed by atoms with van der Waals surface area (Å²) in [6.45, 7) is 2.92. The monoisotopic (exact) mass is 1090 g/mol. The van der Waals surface area contributed by atoms with Gasteiger partial charge in [-0.2, -0.15) is 0 Å². The molecule has 4 aromatic heterocycles. The lowest BCUT2D eigenvalue weighted by Crippen LogP contribution is -2.34. The molecule has 0 unspecified atom stereocenters. The number of carboxylic acids is 1. The SMILES string of the molecule is CCOC(=O)CCN(C(=O)c1ccc2c(c1)nc(CNc1ccc(C(=N)NC(=O)OC)cc1)n2C)c1ccccn1.COC(=O)NC(=N)c1ccc(NCc2nc3cc(C(=O)N(CCC(=O)O)c4ccccn4)ccc3n2C)cc1. The van der Waals surface area contributed by atoms with Crippen molar-refractivity contribution in [2.45, 2.75) is 32.9 Å². The molecular weight excluding hydrogens is 1030 g/mol. The summed E-state index contributed by atoms with van der Waals surface area (Å²) < 4.78 is 17.9. The van der Waals surface area contributed by atoms with Crippen LogP contribution in [0.25, 0.3) is 22.1 Å². The number of benzene rings is 4. The van der Waals surface area contributed by atoms with Crippen LogP contribution >= 0.6 is 0 Å². The zero-order valence-electron chi connectivity index (χ0n) is 44.4. The number of hydrogen-bond acceptors (Lipinski definition) is 17. The number of carbonyl (C=O) groups is 6. The molecule has 8 aromatic rings. The highest BCUT2D eigenvalue weighted by Gasteiger charge is 2.23. The number of carbonyl (C=O) groups excluding carboxylic acids is 5. The molecule has 0 fully saturated rings. The van der Waals surface area contributed by atoms with Crippen LogP contribution in [-0.2, 0) is 51.0 Å². The third-order valence-corrected chi connectivity index (χ3v) is 12.3. The molecular formula is C56H58N14O10. The summed E-state index contributed by atoms with van der Waals surface area (Å²) in [5.74, 6) is 0.0967. The highest BCUT2D eigenvalue weighted by molar-refractivity contribution is 6.09. The van der Waals surface area contributed by atoms with Gasteiger partial charge in [0.1, 0.15) is 35.0 Å². The molecule has 80 heavy (non-hydrogen) atoms. The van der Waals surface area contributed by atoms with Gasteiger partial charge in [0.15, 0.2) is 0 Å². The summed E-state index contributed by atoms with van der Waals surface area (Å²) in [6.07, 6.45) is 1.56. The van der Waals surface area contributed by atoms with Crippen molar-refractivity contribution in [3.05, 3.63) is 168 Å². The third-order valence-electron chi connectivity index (χ3n) is 12.3. The average Bonchev–Trinajstić information content (AvgIpc) is 4.03. The number of methoxy groups -OCH3 is 2. The number of amides is 4. The minimum atomic E-state index is -1.01. The molecule has 7 N–H and O–H groups in total. The Labute approximate surface area is 458 Å². The Hall–Kier alpha value is -10.5. The minimum absolute atomic E-state index is 0.0163. The van der Waals surface area contributed by atoms with Crippen molar-refractivity contribution >= 4 is 92.7 Å². The van der Waals surface area contributed by atoms with Gasteiger partial charge in [-0.3, -0.25) is 50.4 Å². The number of pyridine rings is 2. The Balaban J connectivity index is 0.000000231. The van der Waals surface area contributed by atoms with Crippen LogP contribution < -0.4 is 31.1 Å². The van der Waals surface area contributed by atoms with Crippen LogP contribution in [0.3, 0.4) is 0 Å². The van der Waals surface area contributed by atoms with E-state index in [4.69, 9.17) is 25.6 Å². The number of amidine groups is 2. The van der Waals surface area contributed by atoms with E-state index in [1.54, 1.807) is 129 Å². The number of aryl methyl sites for hydroxylation is 2. The van der Waals surface area contributed by atoms with Crippen LogP contribution in [0.1, 0.15) is 63.3 Å². The predicted octanol–water partition coefficient (Wildman–Crippen LogP) is 7.25. The molecule has 24 heteroatoms. The first-order valence-corrected chi connectivity index (χ1v) is 24.9. The van der Waals surface area contributed by atoms with Gasteiger partial charge in [-0.25, -0.2) is 29.5 Å². The lowest BCUT2D eigenvalue weighted by atomic mass is 10.1. The molecule has 0 aliphatic carbocycles. The first-order chi connectivity index (χ1) is 38.6. The van der Waals surface area contributed by atoms with Gasteiger partial charge in [-0.15, -0.1) is 0 Å². The quantitative estimate of drug-likeness (QED) is 0.0181. The normalized spacial score (nSPS) is 10.6. The van der Waals surface area contributed by atoms with E-state index in [0.29, 0.717) is 58.0 Å². The molecule has 0 saturated carbocycles. The molecule has 4 aromatic carbocycles. The minimum Gasteiger partial charge on any atom is -0.481 e. The fourth-order valence-electron chi connectivity index (χ4n) is 8.03. The largest absolute Gasteiger partial charge is 0.481 e. The molecule has 0 saturated heterocycles. The molecule has 8 rings (SSSR count). The van der Waals surface area contributed by atoms with Gasteiger partial charge in [0.25, 0.3) is 11.8 Å². The van der Waals surface area contributed by atoms with Gasteiger partial charge >= 0.3 is 24.1 Å². The number of carboxylic acid groups (broad SMARTS) is 1. The molecule has 4 heterocycles. The summed E-state index contributed by atoms with van der Waals surface area (Å²) >= 11 is 0. The van der Waals surface area contributed by atoms with Gasteiger partial charge in [0, 0.05) is 73.2 Å². The number of esters is 1. The van der Waals surface area contributed by atoms with Gasteiger partial charge in [-0.05, 0) is 116 Å². The van der Waals surface area contributed by atoms with Crippen LogP contribution in [-0.4, -0.2) is 116 Å². The van der Waals surface area contributed by atoms with E-state index in [1.165, 1.54) is 24.0 Å². The number of hydrogen-bond donors (Lipinski definition) is 7. The van der Waals surface area contributed by atoms with Crippen molar-refractivity contribution in [1.82, 2.24) is 39.7 Å². The van der Waals surface area contributed by atoms with Crippen LogP contribution in [0.15, 0.2) is 134 Å². The number of aromatic nitrogens is 6. The van der Waals surface area contributed by atoms with Crippen molar-refractivity contribution in [3.63, 3.8) is 0 Å². The molecule has 4 amide bonds. The van der Waals surface area contributed by atoms with Gasteiger partial charge < -0.3 is 39.1 Å². The van der Waals surface area contributed by atoms with Gasteiger partial charge in [-0.1, -0.05) is 12.1 Å². The van der Waals surface area contributed by atoms with Crippen LogP contribution in [0.5, 0.6) is 0 Å². The maximum atomic E-state index is 13.6. The topological polar surface area (TPSA) is 314 Å². The predicted molar refractivity (Wildman–Crippen MR) is 299 cm³/mol. The zero-order valence-corrected chi connectivity index (χ0v) is 44.4. The van der Waals surface area contributed by atoms with E-state index in [-0.39, 0.29) is 62.0 Å². The highest BCUT2D eigenvalue weighted by Crippen LogP contribution is 2.24.